The van der Waals surface area contributed by atoms with Crippen molar-refractivity contribution < 1.29 is 28.8 Å². The minimum atomic E-state index is -1.19. The largest absolute Gasteiger partial charge is 0.465 e. The van der Waals surface area contributed by atoms with Crippen LogP contribution in [-0.4, -0.2) is 37.2 Å². The molecule has 3 heterocycles. The molecule has 5 rings (SSSR count). The van der Waals surface area contributed by atoms with E-state index in [4.69, 9.17) is 35.3 Å². The highest BCUT2D eigenvalue weighted by Crippen LogP contribution is 2.44. The lowest BCUT2D eigenvalue weighted by Crippen LogP contribution is -2.26. The Labute approximate surface area is 192 Å². The van der Waals surface area contributed by atoms with E-state index in [1.165, 1.54) is 0 Å². The molecule has 0 aliphatic carbocycles. The molecule has 0 saturated carbocycles. The summed E-state index contributed by atoms with van der Waals surface area (Å²) in [5.41, 5.74) is 1.88. The van der Waals surface area contributed by atoms with Gasteiger partial charge in [-0.05, 0) is 61.6 Å². The fourth-order valence-electron chi connectivity index (χ4n) is 4.21. The van der Waals surface area contributed by atoms with E-state index in [1.54, 1.807) is 12.1 Å². The number of fused-ring (bicyclic) bond motifs is 1. The number of benzene rings is 2. The molecule has 2 aromatic rings. The van der Waals surface area contributed by atoms with Crippen LogP contribution < -0.4 is 14.2 Å². The van der Waals surface area contributed by atoms with Crippen LogP contribution in [0.15, 0.2) is 42.5 Å². The standard InChI is InChI=1S/C25H27ClO6/c26-24-19-15-18(31-22-9-2-4-13-29-22)10-11-20(19)32-25(27)23(24)16-6-5-7-17(14-16)30-21-8-1-3-12-28-21/h5-7,10-11,14-15,21-22,25,27H,1-4,8-9,12-13H2. The van der Waals surface area contributed by atoms with Gasteiger partial charge in [0.1, 0.15) is 17.2 Å². The predicted octanol–water partition coefficient (Wildman–Crippen LogP) is 5.32. The molecule has 170 valence electrons. The number of aliphatic hydroxyl groups is 1. The van der Waals surface area contributed by atoms with E-state index in [-0.39, 0.29) is 12.6 Å². The van der Waals surface area contributed by atoms with Crippen LogP contribution in [0.25, 0.3) is 10.6 Å². The lowest BCUT2D eigenvalue weighted by molar-refractivity contribution is -0.106. The molecule has 3 unspecified atom stereocenters. The van der Waals surface area contributed by atoms with Crippen molar-refractivity contribution in [2.45, 2.75) is 57.4 Å². The van der Waals surface area contributed by atoms with Crippen LogP contribution >= 0.6 is 11.6 Å². The molecular weight excluding hydrogens is 432 g/mol. The molecule has 2 fully saturated rings. The summed E-state index contributed by atoms with van der Waals surface area (Å²) in [5, 5.41) is 11.1. The summed E-state index contributed by atoms with van der Waals surface area (Å²) in [7, 11) is 0. The Balaban J connectivity index is 1.41. The molecule has 0 radical (unpaired) electrons. The highest BCUT2D eigenvalue weighted by molar-refractivity contribution is 6.53. The van der Waals surface area contributed by atoms with Gasteiger partial charge in [-0.1, -0.05) is 23.7 Å². The van der Waals surface area contributed by atoms with Gasteiger partial charge in [0, 0.05) is 24.0 Å². The number of hydrogen-bond acceptors (Lipinski definition) is 6. The van der Waals surface area contributed by atoms with Gasteiger partial charge in [-0.15, -0.1) is 0 Å². The van der Waals surface area contributed by atoms with E-state index in [2.05, 4.69) is 0 Å². The molecule has 7 heteroatoms. The Morgan fingerprint density at radius 2 is 1.53 bits per heavy atom. The fourth-order valence-corrected chi connectivity index (χ4v) is 4.56. The van der Waals surface area contributed by atoms with Crippen molar-refractivity contribution in [3.8, 4) is 17.2 Å². The lowest BCUT2D eigenvalue weighted by atomic mass is 9.99. The second-order valence-corrected chi connectivity index (χ2v) is 8.59. The molecule has 6 nitrogen and oxygen atoms in total. The first kappa shape index (κ1) is 21.6. The average molecular weight is 459 g/mol. The van der Waals surface area contributed by atoms with Gasteiger partial charge in [0.15, 0.2) is 12.6 Å². The van der Waals surface area contributed by atoms with Crippen molar-refractivity contribution in [1.82, 2.24) is 0 Å². The molecule has 3 aliphatic rings. The van der Waals surface area contributed by atoms with Crippen LogP contribution in [0.1, 0.15) is 49.7 Å². The van der Waals surface area contributed by atoms with Crippen LogP contribution in [0, 0.1) is 0 Å². The Bertz CT molecular complexity index is 978. The highest BCUT2D eigenvalue weighted by Gasteiger charge is 2.29. The van der Waals surface area contributed by atoms with Crippen molar-refractivity contribution in [3.05, 3.63) is 53.6 Å². The molecular formula is C25H27ClO6. The fraction of sp³-hybridized carbons (Fsp3) is 0.440. The summed E-state index contributed by atoms with van der Waals surface area (Å²) in [6.45, 7) is 1.42. The highest BCUT2D eigenvalue weighted by atomic mass is 35.5. The monoisotopic (exact) mass is 458 g/mol. The first-order valence-corrected chi connectivity index (χ1v) is 11.6. The van der Waals surface area contributed by atoms with Gasteiger partial charge in [0.05, 0.1) is 18.2 Å². The summed E-state index contributed by atoms with van der Waals surface area (Å²) < 4.78 is 29.1. The first-order chi connectivity index (χ1) is 15.7. The summed E-state index contributed by atoms with van der Waals surface area (Å²) in [6.07, 6.45) is 4.31. The van der Waals surface area contributed by atoms with E-state index in [0.29, 0.717) is 46.6 Å². The van der Waals surface area contributed by atoms with Gasteiger partial charge >= 0.3 is 0 Å². The SMILES string of the molecule is OC1Oc2ccc(OC3CCCCO3)cc2C(Cl)=C1c1cccc(OC2CCCCO2)c1. The van der Waals surface area contributed by atoms with Crippen LogP contribution in [0.3, 0.4) is 0 Å². The van der Waals surface area contributed by atoms with Crippen LogP contribution in [-0.2, 0) is 9.47 Å². The minimum absolute atomic E-state index is 0.251. The third kappa shape index (κ3) is 4.74. The van der Waals surface area contributed by atoms with Crippen molar-refractivity contribution >= 4 is 22.2 Å². The molecule has 0 amide bonds. The molecule has 0 bridgehead atoms. The van der Waals surface area contributed by atoms with E-state index < -0.39 is 6.29 Å². The molecule has 32 heavy (non-hydrogen) atoms. The second kappa shape index (κ2) is 9.71. The van der Waals surface area contributed by atoms with Crippen molar-refractivity contribution in [1.29, 1.82) is 0 Å². The number of halogens is 1. The van der Waals surface area contributed by atoms with Crippen LogP contribution in [0.5, 0.6) is 17.2 Å². The third-order valence-corrected chi connectivity index (χ3v) is 6.27. The van der Waals surface area contributed by atoms with E-state index in [9.17, 15) is 5.11 Å². The molecule has 2 aromatic carbocycles. The normalized spacial score (nSPS) is 25.6. The maximum Gasteiger partial charge on any atom is 0.226 e. The zero-order valence-electron chi connectivity index (χ0n) is 17.8. The Morgan fingerprint density at radius 3 is 2.19 bits per heavy atom. The lowest BCUT2D eigenvalue weighted by Gasteiger charge is -2.28. The quantitative estimate of drug-likeness (QED) is 0.654. The first-order valence-electron chi connectivity index (χ1n) is 11.2. The van der Waals surface area contributed by atoms with Crippen LogP contribution in [0.2, 0.25) is 0 Å². The topological polar surface area (TPSA) is 66.4 Å². The molecule has 3 aliphatic heterocycles. The Hall–Kier alpha value is -2.25. The average Bonchev–Trinajstić information content (AvgIpc) is 2.81. The van der Waals surface area contributed by atoms with E-state index in [0.717, 1.165) is 44.1 Å². The second-order valence-electron chi connectivity index (χ2n) is 8.21. The van der Waals surface area contributed by atoms with Gasteiger partial charge in [-0.3, -0.25) is 0 Å². The van der Waals surface area contributed by atoms with Crippen molar-refractivity contribution in [2.24, 2.45) is 0 Å². The summed E-state index contributed by atoms with van der Waals surface area (Å²) in [4.78, 5) is 0. The molecule has 0 aromatic heterocycles. The van der Waals surface area contributed by atoms with E-state index >= 15 is 0 Å². The van der Waals surface area contributed by atoms with Crippen molar-refractivity contribution in [2.75, 3.05) is 13.2 Å². The zero-order valence-corrected chi connectivity index (χ0v) is 18.6. The summed E-state index contributed by atoms with van der Waals surface area (Å²) >= 11 is 6.79. The maximum absolute atomic E-state index is 10.7. The number of hydrogen-bond donors (Lipinski definition) is 1. The smallest absolute Gasteiger partial charge is 0.226 e. The van der Waals surface area contributed by atoms with E-state index in [1.807, 2.05) is 30.3 Å². The van der Waals surface area contributed by atoms with Gasteiger partial charge < -0.3 is 28.8 Å². The van der Waals surface area contributed by atoms with Crippen LogP contribution in [0.4, 0.5) is 0 Å². The van der Waals surface area contributed by atoms with Crippen molar-refractivity contribution in [3.63, 3.8) is 0 Å². The summed E-state index contributed by atoms with van der Waals surface area (Å²) in [5.74, 6) is 1.82. The Morgan fingerprint density at radius 1 is 0.844 bits per heavy atom. The number of ether oxygens (including phenoxy) is 5. The van der Waals surface area contributed by atoms with Gasteiger partial charge in [0.2, 0.25) is 6.29 Å². The number of rotatable bonds is 5. The van der Waals surface area contributed by atoms with Gasteiger partial charge in [0.25, 0.3) is 0 Å². The molecule has 2 saturated heterocycles. The minimum Gasteiger partial charge on any atom is -0.465 e. The maximum atomic E-state index is 10.7. The predicted molar refractivity (Wildman–Crippen MR) is 121 cm³/mol. The number of aliphatic hydroxyl groups excluding tert-OH is 1. The van der Waals surface area contributed by atoms with Gasteiger partial charge in [-0.25, -0.2) is 0 Å². The third-order valence-electron chi connectivity index (χ3n) is 5.87. The zero-order chi connectivity index (χ0) is 21.9. The molecule has 1 N–H and O–H groups in total. The molecule has 3 atom stereocenters. The van der Waals surface area contributed by atoms with Gasteiger partial charge in [-0.2, -0.15) is 0 Å². The summed E-state index contributed by atoms with van der Waals surface area (Å²) in [6, 6.07) is 12.9. The molecule has 0 spiro atoms. The Kier molecular flexibility index (Phi) is 6.55.